The highest BCUT2D eigenvalue weighted by atomic mass is 19.1. The molecular weight excluding hydrogens is 460 g/mol. The van der Waals surface area contributed by atoms with Crippen LogP contribution >= 0.6 is 0 Å². The summed E-state index contributed by atoms with van der Waals surface area (Å²) in [6, 6.07) is 8.63. The molecule has 0 spiro atoms. The number of rotatable bonds is 10. The summed E-state index contributed by atoms with van der Waals surface area (Å²) in [5, 5.41) is 11.1. The highest BCUT2D eigenvalue weighted by molar-refractivity contribution is 5.43. The van der Waals surface area contributed by atoms with Crippen molar-refractivity contribution in [3.05, 3.63) is 72.3 Å². The van der Waals surface area contributed by atoms with Crippen molar-refractivity contribution in [3.8, 4) is 17.2 Å². The minimum atomic E-state index is -1.35. The lowest BCUT2D eigenvalue weighted by Crippen LogP contribution is -2.48. The number of nitrogens with zero attached hydrogens (tertiary/aromatic N) is 3. The lowest BCUT2D eigenvalue weighted by atomic mass is 10.1. The molecule has 0 saturated carbocycles. The lowest BCUT2D eigenvalue weighted by molar-refractivity contribution is -0.0647. The van der Waals surface area contributed by atoms with Crippen LogP contribution in [0.5, 0.6) is 17.2 Å². The molecule has 1 aliphatic heterocycles. The Morgan fingerprint density at radius 2 is 1.94 bits per heavy atom. The first-order valence-electron chi connectivity index (χ1n) is 11.3. The Morgan fingerprint density at radius 3 is 2.69 bits per heavy atom. The Bertz CT molecular complexity index is 1080. The van der Waals surface area contributed by atoms with Gasteiger partial charge in [0, 0.05) is 50.2 Å². The highest BCUT2D eigenvalue weighted by Gasteiger charge is 2.33. The number of ether oxygens (including phenoxy) is 4. The van der Waals surface area contributed by atoms with Crippen LogP contribution in [0.3, 0.4) is 0 Å². The molecule has 8 nitrogen and oxygen atoms in total. The Balaban J connectivity index is 1.38. The van der Waals surface area contributed by atoms with E-state index in [-0.39, 0.29) is 25.5 Å². The SMILES string of the molecule is COc1ccc(CN2CCOC[C@](O)(COc3cc(F)cc(F)c3)C2)cc1OCCn1ccnc1. The van der Waals surface area contributed by atoms with Crippen LogP contribution in [0.4, 0.5) is 8.78 Å². The molecule has 0 bridgehead atoms. The van der Waals surface area contributed by atoms with Crippen molar-refractivity contribution < 1.29 is 32.8 Å². The maximum absolute atomic E-state index is 13.5. The predicted molar refractivity (Wildman–Crippen MR) is 124 cm³/mol. The quantitative estimate of drug-likeness (QED) is 0.469. The van der Waals surface area contributed by atoms with Gasteiger partial charge in [0.2, 0.25) is 0 Å². The smallest absolute Gasteiger partial charge is 0.161 e. The summed E-state index contributed by atoms with van der Waals surface area (Å²) in [6.45, 7) is 2.80. The van der Waals surface area contributed by atoms with Crippen LogP contribution in [-0.4, -0.2) is 71.8 Å². The minimum absolute atomic E-state index is 0.0133. The van der Waals surface area contributed by atoms with Crippen molar-refractivity contribution in [1.29, 1.82) is 0 Å². The molecule has 2 heterocycles. The van der Waals surface area contributed by atoms with Crippen molar-refractivity contribution in [1.82, 2.24) is 14.5 Å². The Hall–Kier alpha value is -3.21. The molecule has 0 aliphatic carbocycles. The molecule has 1 aliphatic rings. The van der Waals surface area contributed by atoms with Crippen LogP contribution < -0.4 is 14.2 Å². The number of methoxy groups -OCH3 is 1. The fourth-order valence-corrected chi connectivity index (χ4v) is 3.92. The molecule has 2 aromatic carbocycles. The second-order valence-electron chi connectivity index (χ2n) is 8.52. The van der Waals surface area contributed by atoms with Crippen molar-refractivity contribution in [3.63, 3.8) is 0 Å². The first-order chi connectivity index (χ1) is 16.9. The average molecular weight is 490 g/mol. The number of β-amino-alcohol motifs (C(OH)–C–C–N with tert-alkyl or cyclic N) is 1. The van der Waals surface area contributed by atoms with Gasteiger partial charge in [-0.2, -0.15) is 0 Å². The van der Waals surface area contributed by atoms with Gasteiger partial charge in [-0.05, 0) is 17.7 Å². The number of aromatic nitrogens is 2. The zero-order valence-electron chi connectivity index (χ0n) is 19.5. The van der Waals surface area contributed by atoms with Crippen molar-refractivity contribution in [2.45, 2.75) is 18.7 Å². The Kier molecular flexibility index (Phi) is 8.17. The monoisotopic (exact) mass is 489 g/mol. The van der Waals surface area contributed by atoms with E-state index in [1.54, 1.807) is 19.6 Å². The van der Waals surface area contributed by atoms with E-state index < -0.39 is 17.2 Å². The number of aliphatic hydroxyl groups is 1. The van der Waals surface area contributed by atoms with Gasteiger partial charge >= 0.3 is 0 Å². The fraction of sp³-hybridized carbons (Fsp3) is 0.400. The first-order valence-corrected chi connectivity index (χ1v) is 11.3. The van der Waals surface area contributed by atoms with Gasteiger partial charge in [0.05, 0.1) is 33.2 Å². The molecule has 1 atom stereocenters. The number of hydrogen-bond acceptors (Lipinski definition) is 7. The molecule has 1 N–H and O–H groups in total. The molecule has 3 aromatic rings. The first kappa shape index (κ1) is 24.9. The van der Waals surface area contributed by atoms with Gasteiger partial charge in [-0.1, -0.05) is 6.07 Å². The average Bonchev–Trinajstić information content (AvgIpc) is 3.27. The number of halogens is 2. The van der Waals surface area contributed by atoms with Gasteiger partial charge in [0.15, 0.2) is 11.5 Å². The van der Waals surface area contributed by atoms with Gasteiger partial charge < -0.3 is 28.6 Å². The molecule has 188 valence electrons. The summed E-state index contributed by atoms with van der Waals surface area (Å²) in [7, 11) is 1.59. The summed E-state index contributed by atoms with van der Waals surface area (Å²) in [5.74, 6) is -0.213. The second kappa shape index (κ2) is 11.5. The summed E-state index contributed by atoms with van der Waals surface area (Å²) < 4.78 is 51.3. The molecule has 0 unspecified atom stereocenters. The lowest BCUT2D eigenvalue weighted by Gasteiger charge is -2.30. The molecule has 4 rings (SSSR count). The van der Waals surface area contributed by atoms with E-state index in [2.05, 4.69) is 4.98 Å². The van der Waals surface area contributed by atoms with E-state index in [1.807, 2.05) is 33.9 Å². The Labute approximate surface area is 202 Å². The second-order valence-corrected chi connectivity index (χ2v) is 8.52. The molecule has 1 saturated heterocycles. The fourth-order valence-electron chi connectivity index (χ4n) is 3.92. The van der Waals surface area contributed by atoms with Gasteiger partial charge in [-0.15, -0.1) is 0 Å². The topological polar surface area (TPSA) is 78.2 Å². The van der Waals surface area contributed by atoms with E-state index in [9.17, 15) is 13.9 Å². The zero-order valence-corrected chi connectivity index (χ0v) is 19.5. The van der Waals surface area contributed by atoms with Crippen molar-refractivity contribution in [2.24, 2.45) is 0 Å². The molecule has 0 amide bonds. The number of benzene rings is 2. The van der Waals surface area contributed by atoms with Crippen molar-refractivity contribution >= 4 is 0 Å². The van der Waals surface area contributed by atoms with Gasteiger partial charge in [0.25, 0.3) is 0 Å². The van der Waals surface area contributed by atoms with E-state index in [0.29, 0.717) is 44.3 Å². The maximum Gasteiger partial charge on any atom is 0.161 e. The van der Waals surface area contributed by atoms with Crippen LogP contribution in [-0.2, 0) is 17.8 Å². The van der Waals surface area contributed by atoms with E-state index in [1.165, 1.54) is 0 Å². The van der Waals surface area contributed by atoms with Crippen LogP contribution in [0.15, 0.2) is 55.1 Å². The third-order valence-electron chi connectivity index (χ3n) is 5.58. The normalized spacial score (nSPS) is 18.7. The van der Waals surface area contributed by atoms with E-state index >= 15 is 0 Å². The molecule has 0 radical (unpaired) electrons. The maximum atomic E-state index is 13.5. The van der Waals surface area contributed by atoms with Crippen LogP contribution in [0.1, 0.15) is 5.56 Å². The van der Waals surface area contributed by atoms with Gasteiger partial charge in [0.1, 0.15) is 36.2 Å². The van der Waals surface area contributed by atoms with Gasteiger partial charge in [-0.25, -0.2) is 13.8 Å². The minimum Gasteiger partial charge on any atom is -0.493 e. The van der Waals surface area contributed by atoms with Crippen LogP contribution in [0.2, 0.25) is 0 Å². The van der Waals surface area contributed by atoms with Crippen LogP contribution in [0.25, 0.3) is 0 Å². The highest BCUT2D eigenvalue weighted by Crippen LogP contribution is 2.29. The van der Waals surface area contributed by atoms with Crippen LogP contribution in [0, 0.1) is 11.6 Å². The summed E-state index contributed by atoms with van der Waals surface area (Å²) in [5.41, 5.74) is -0.378. The third kappa shape index (κ3) is 7.14. The van der Waals surface area contributed by atoms with E-state index in [0.717, 1.165) is 23.8 Å². The summed E-state index contributed by atoms with van der Waals surface area (Å²) in [4.78, 5) is 6.06. The molecule has 1 aromatic heterocycles. The van der Waals surface area contributed by atoms with E-state index in [4.69, 9.17) is 18.9 Å². The summed E-state index contributed by atoms with van der Waals surface area (Å²) >= 11 is 0. The van der Waals surface area contributed by atoms with Crippen molar-refractivity contribution in [2.75, 3.05) is 46.6 Å². The number of imidazole rings is 1. The largest absolute Gasteiger partial charge is 0.493 e. The zero-order chi connectivity index (χ0) is 24.7. The molecule has 35 heavy (non-hydrogen) atoms. The Morgan fingerprint density at radius 1 is 1.11 bits per heavy atom. The molecular formula is C25H29F2N3O5. The molecule has 10 heteroatoms. The standard InChI is InChI=1S/C25H29F2N3O5/c1-32-23-3-2-19(10-24(23)34-9-7-29-5-4-28-18-29)14-30-6-8-33-16-25(31,15-30)17-35-22-12-20(26)11-21(27)13-22/h2-5,10-13,18,31H,6-9,14-17H2,1H3/t25-/m0/s1. The predicted octanol–water partition coefficient (Wildman–Crippen LogP) is 2.89. The van der Waals surface area contributed by atoms with Gasteiger partial charge in [-0.3, -0.25) is 4.90 Å². The third-order valence-corrected chi connectivity index (χ3v) is 5.58. The number of hydrogen-bond donors (Lipinski definition) is 1. The molecule has 1 fully saturated rings. The summed E-state index contributed by atoms with van der Waals surface area (Å²) in [6.07, 6.45) is 5.32.